The van der Waals surface area contributed by atoms with Crippen LogP contribution in [0.2, 0.25) is 5.02 Å². The number of nitrogens with zero attached hydrogens (tertiary/aromatic N) is 1. The van der Waals surface area contributed by atoms with Gasteiger partial charge in [-0.25, -0.2) is 0 Å². The predicted molar refractivity (Wildman–Crippen MR) is 97.3 cm³/mol. The van der Waals surface area contributed by atoms with Crippen molar-refractivity contribution in [2.45, 2.75) is 32.1 Å². The monoisotopic (exact) mass is 329 g/mol. The maximum absolute atomic E-state index is 10.5. The van der Waals surface area contributed by atoms with Gasteiger partial charge in [0.15, 0.2) is 0 Å². The molecule has 1 aliphatic rings. The SMILES string of the molecule is CCN(CC)CC1(c2ccc(-c3cccc(Cl)c3)c(O)c2)CC1. The lowest BCUT2D eigenvalue weighted by atomic mass is 9.92. The zero-order valence-corrected chi connectivity index (χ0v) is 14.6. The third-order valence-electron chi connectivity index (χ3n) is 5.02. The minimum absolute atomic E-state index is 0.233. The summed E-state index contributed by atoms with van der Waals surface area (Å²) in [7, 11) is 0. The molecule has 3 heteroatoms. The van der Waals surface area contributed by atoms with Crippen LogP contribution in [-0.4, -0.2) is 29.6 Å². The van der Waals surface area contributed by atoms with Crippen molar-refractivity contribution >= 4 is 11.6 Å². The Morgan fingerprint density at radius 3 is 2.39 bits per heavy atom. The van der Waals surface area contributed by atoms with Gasteiger partial charge in [-0.3, -0.25) is 0 Å². The number of hydrogen-bond acceptors (Lipinski definition) is 2. The second-order valence-corrected chi connectivity index (χ2v) is 6.92. The van der Waals surface area contributed by atoms with Crippen LogP contribution in [0.5, 0.6) is 5.75 Å². The number of benzene rings is 2. The molecule has 2 nitrogen and oxygen atoms in total. The van der Waals surface area contributed by atoms with Gasteiger partial charge in [0.1, 0.15) is 5.75 Å². The molecule has 0 amide bonds. The summed E-state index contributed by atoms with van der Waals surface area (Å²) in [5.74, 6) is 0.343. The molecule has 1 saturated carbocycles. The van der Waals surface area contributed by atoms with Crippen LogP contribution in [-0.2, 0) is 5.41 Å². The number of rotatable bonds is 6. The van der Waals surface area contributed by atoms with Crippen molar-refractivity contribution in [1.82, 2.24) is 4.90 Å². The second-order valence-electron chi connectivity index (χ2n) is 6.48. The van der Waals surface area contributed by atoms with Crippen LogP contribution in [0.25, 0.3) is 11.1 Å². The Morgan fingerprint density at radius 1 is 1.09 bits per heavy atom. The highest BCUT2D eigenvalue weighted by Gasteiger charge is 2.45. The predicted octanol–water partition coefficient (Wildman–Crippen LogP) is 5.09. The molecule has 0 saturated heterocycles. The lowest BCUT2D eigenvalue weighted by molar-refractivity contribution is 0.274. The summed E-state index contributed by atoms with van der Waals surface area (Å²) in [6.45, 7) is 7.64. The van der Waals surface area contributed by atoms with E-state index >= 15 is 0 Å². The largest absolute Gasteiger partial charge is 0.507 e. The van der Waals surface area contributed by atoms with E-state index < -0.39 is 0 Å². The Kier molecular flexibility index (Phi) is 4.65. The van der Waals surface area contributed by atoms with Crippen LogP contribution in [0, 0.1) is 0 Å². The number of aromatic hydroxyl groups is 1. The van der Waals surface area contributed by atoms with Crippen molar-refractivity contribution in [1.29, 1.82) is 0 Å². The zero-order chi connectivity index (χ0) is 16.4. The van der Waals surface area contributed by atoms with E-state index in [2.05, 4.69) is 24.8 Å². The average Bonchev–Trinajstić information content (AvgIpc) is 3.33. The maximum atomic E-state index is 10.5. The fourth-order valence-electron chi connectivity index (χ4n) is 3.33. The van der Waals surface area contributed by atoms with Gasteiger partial charge in [-0.1, -0.05) is 49.7 Å². The molecule has 0 bridgehead atoms. The van der Waals surface area contributed by atoms with Crippen molar-refractivity contribution in [2.24, 2.45) is 0 Å². The van der Waals surface area contributed by atoms with Gasteiger partial charge in [0.05, 0.1) is 0 Å². The third-order valence-corrected chi connectivity index (χ3v) is 5.26. The smallest absolute Gasteiger partial charge is 0.123 e. The summed E-state index contributed by atoms with van der Waals surface area (Å²) in [4.78, 5) is 2.47. The van der Waals surface area contributed by atoms with Crippen LogP contribution in [0.15, 0.2) is 42.5 Å². The number of phenolic OH excluding ortho intramolecular Hbond substituents is 1. The number of halogens is 1. The third kappa shape index (κ3) is 3.39. The average molecular weight is 330 g/mol. The molecule has 122 valence electrons. The first-order valence-corrected chi connectivity index (χ1v) is 8.77. The van der Waals surface area contributed by atoms with Crippen LogP contribution in [0.1, 0.15) is 32.3 Å². The Morgan fingerprint density at radius 2 is 1.83 bits per heavy atom. The highest BCUT2D eigenvalue weighted by Crippen LogP contribution is 2.50. The van der Waals surface area contributed by atoms with E-state index in [1.807, 2.05) is 36.4 Å². The molecule has 0 heterocycles. The molecule has 0 spiro atoms. The lowest BCUT2D eigenvalue weighted by Crippen LogP contribution is -2.32. The summed E-state index contributed by atoms with van der Waals surface area (Å²) in [5, 5.41) is 11.2. The molecule has 3 rings (SSSR count). The van der Waals surface area contributed by atoms with E-state index in [4.69, 9.17) is 11.6 Å². The van der Waals surface area contributed by atoms with E-state index in [0.29, 0.717) is 10.8 Å². The first-order valence-electron chi connectivity index (χ1n) is 8.40. The van der Waals surface area contributed by atoms with Crippen LogP contribution < -0.4 is 0 Å². The van der Waals surface area contributed by atoms with Crippen LogP contribution in [0.3, 0.4) is 0 Å². The Balaban J connectivity index is 1.88. The Hall–Kier alpha value is -1.51. The van der Waals surface area contributed by atoms with Gasteiger partial charge in [0.25, 0.3) is 0 Å². The highest BCUT2D eigenvalue weighted by molar-refractivity contribution is 6.30. The molecule has 1 aliphatic carbocycles. The Bertz CT molecular complexity index is 690. The summed E-state index contributed by atoms with van der Waals surface area (Å²) >= 11 is 6.06. The van der Waals surface area contributed by atoms with E-state index in [9.17, 15) is 5.11 Å². The molecule has 0 aliphatic heterocycles. The number of likely N-dealkylation sites (N-methyl/N-ethyl adjacent to an activating group) is 1. The summed E-state index contributed by atoms with van der Waals surface area (Å²) in [6, 6.07) is 13.8. The van der Waals surface area contributed by atoms with Gasteiger partial charge < -0.3 is 10.0 Å². The molecule has 1 fully saturated rings. The summed E-state index contributed by atoms with van der Waals surface area (Å²) < 4.78 is 0. The van der Waals surface area contributed by atoms with Crippen molar-refractivity contribution < 1.29 is 5.11 Å². The first-order chi connectivity index (χ1) is 11.1. The summed E-state index contributed by atoms with van der Waals surface area (Å²) in [6.07, 6.45) is 2.42. The highest BCUT2D eigenvalue weighted by atomic mass is 35.5. The molecular weight excluding hydrogens is 306 g/mol. The van der Waals surface area contributed by atoms with Gasteiger partial charge in [-0.2, -0.15) is 0 Å². The van der Waals surface area contributed by atoms with E-state index in [-0.39, 0.29) is 5.41 Å². The Labute approximate surface area is 143 Å². The second kappa shape index (κ2) is 6.54. The standard InChI is InChI=1S/C20H24ClNO/c1-3-22(4-2)14-20(10-11-20)16-8-9-18(19(23)13-16)15-6-5-7-17(21)12-15/h5-9,12-13,23H,3-4,10-11,14H2,1-2H3. The van der Waals surface area contributed by atoms with E-state index in [0.717, 1.165) is 30.8 Å². The molecule has 0 atom stereocenters. The van der Waals surface area contributed by atoms with Crippen molar-refractivity contribution in [3.05, 3.63) is 53.1 Å². The zero-order valence-electron chi connectivity index (χ0n) is 13.8. The molecule has 2 aromatic rings. The van der Waals surface area contributed by atoms with Gasteiger partial charge in [0, 0.05) is 22.5 Å². The number of phenols is 1. The van der Waals surface area contributed by atoms with Gasteiger partial charge >= 0.3 is 0 Å². The minimum atomic E-state index is 0.233. The molecule has 0 unspecified atom stereocenters. The maximum Gasteiger partial charge on any atom is 0.123 e. The topological polar surface area (TPSA) is 23.5 Å². The molecular formula is C20H24ClNO. The summed E-state index contributed by atoms with van der Waals surface area (Å²) in [5.41, 5.74) is 3.29. The minimum Gasteiger partial charge on any atom is -0.507 e. The van der Waals surface area contributed by atoms with Gasteiger partial charge in [0.2, 0.25) is 0 Å². The normalized spacial score (nSPS) is 15.8. The van der Waals surface area contributed by atoms with Crippen molar-refractivity contribution in [2.75, 3.05) is 19.6 Å². The molecule has 0 radical (unpaired) electrons. The molecule has 1 N–H and O–H groups in total. The van der Waals surface area contributed by atoms with Gasteiger partial charge in [-0.15, -0.1) is 0 Å². The fraction of sp³-hybridized carbons (Fsp3) is 0.400. The molecule has 2 aromatic carbocycles. The first kappa shape index (κ1) is 16.4. The van der Waals surface area contributed by atoms with Crippen molar-refractivity contribution in [3.8, 4) is 16.9 Å². The van der Waals surface area contributed by atoms with E-state index in [1.165, 1.54) is 18.4 Å². The van der Waals surface area contributed by atoms with Crippen LogP contribution >= 0.6 is 11.6 Å². The number of hydrogen-bond donors (Lipinski definition) is 1. The lowest BCUT2D eigenvalue weighted by Gasteiger charge is -2.25. The van der Waals surface area contributed by atoms with Crippen molar-refractivity contribution in [3.63, 3.8) is 0 Å². The molecule has 23 heavy (non-hydrogen) atoms. The van der Waals surface area contributed by atoms with Crippen LogP contribution in [0.4, 0.5) is 0 Å². The quantitative estimate of drug-likeness (QED) is 0.798. The molecule has 0 aromatic heterocycles. The fourth-order valence-corrected chi connectivity index (χ4v) is 3.52. The van der Waals surface area contributed by atoms with E-state index in [1.54, 1.807) is 0 Å². The van der Waals surface area contributed by atoms with Gasteiger partial charge in [-0.05, 0) is 55.3 Å².